The van der Waals surface area contributed by atoms with Gasteiger partial charge < -0.3 is 19.3 Å². The number of hydrogen-bond acceptors (Lipinski definition) is 7. The molecule has 0 amide bonds. The third kappa shape index (κ3) is 12.0. The number of hydrogen-bond donors (Lipinski definition) is 1. The van der Waals surface area contributed by atoms with E-state index in [4.69, 9.17) is 19.3 Å². The van der Waals surface area contributed by atoms with Gasteiger partial charge in [-0.1, -0.05) is 33.1 Å². The average Bonchev–Trinajstić information content (AvgIpc) is 2.59. The number of carbonyl (C=O) groups excluding carboxylic acids is 3. The van der Waals surface area contributed by atoms with Crippen LogP contribution in [0.4, 0.5) is 0 Å². The number of ether oxygens (including phenoxy) is 3. The number of carboxylic acid groups (broad SMARTS) is 1. The molecule has 0 bridgehead atoms. The lowest BCUT2D eigenvalue weighted by molar-refractivity contribution is -0.190. The highest BCUT2D eigenvalue weighted by atomic mass is 16.7. The van der Waals surface area contributed by atoms with Gasteiger partial charge in [0.2, 0.25) is 6.29 Å². The van der Waals surface area contributed by atoms with Gasteiger partial charge in [-0.15, -0.1) is 0 Å². The van der Waals surface area contributed by atoms with Gasteiger partial charge in [-0.2, -0.15) is 0 Å². The minimum Gasteiger partial charge on any atom is -0.481 e. The summed E-state index contributed by atoms with van der Waals surface area (Å²) in [6.45, 7) is 6.39. The second-order valence-corrected chi connectivity index (χ2v) is 6.35. The maximum atomic E-state index is 12.5. The molecular weight excluding hydrogens is 356 g/mol. The predicted molar refractivity (Wildman–Crippen MR) is 96.6 cm³/mol. The van der Waals surface area contributed by atoms with Crippen LogP contribution in [0.25, 0.3) is 0 Å². The van der Waals surface area contributed by atoms with Gasteiger partial charge in [0.15, 0.2) is 0 Å². The van der Waals surface area contributed by atoms with E-state index < -0.39 is 42.2 Å². The van der Waals surface area contributed by atoms with Crippen molar-refractivity contribution in [1.82, 2.24) is 0 Å². The lowest BCUT2D eigenvalue weighted by Gasteiger charge is -2.24. The van der Waals surface area contributed by atoms with Crippen molar-refractivity contribution < 1.29 is 38.5 Å². The van der Waals surface area contributed by atoms with Gasteiger partial charge in [0.1, 0.15) is 6.10 Å². The fourth-order valence-electron chi connectivity index (χ4n) is 2.45. The number of rotatable bonds is 14. The Hall–Kier alpha value is -2.12. The van der Waals surface area contributed by atoms with Crippen LogP contribution in [0.3, 0.4) is 0 Å². The van der Waals surface area contributed by atoms with Crippen molar-refractivity contribution in [3.63, 3.8) is 0 Å². The molecule has 0 aromatic heterocycles. The van der Waals surface area contributed by atoms with Crippen LogP contribution in [-0.4, -0.2) is 41.4 Å². The molecule has 0 aliphatic carbocycles. The van der Waals surface area contributed by atoms with Crippen LogP contribution in [0.15, 0.2) is 0 Å². The molecular formula is C19H32O8. The predicted octanol–water partition coefficient (Wildman–Crippen LogP) is 3.21. The SMILES string of the molecule is CCC(=O)OC(C)OC(=O)C(CCCCCCC(=O)O)C(C)OC(=O)CC. The molecule has 0 aliphatic heterocycles. The van der Waals surface area contributed by atoms with Gasteiger partial charge in [-0.05, 0) is 19.8 Å². The molecule has 1 N–H and O–H groups in total. The molecule has 0 fully saturated rings. The Morgan fingerprint density at radius 3 is 1.93 bits per heavy atom. The van der Waals surface area contributed by atoms with Crippen LogP contribution in [-0.2, 0) is 33.4 Å². The van der Waals surface area contributed by atoms with Crippen LogP contribution in [0.1, 0.15) is 79.1 Å². The highest BCUT2D eigenvalue weighted by molar-refractivity contribution is 5.75. The molecule has 0 spiro atoms. The maximum Gasteiger partial charge on any atom is 0.315 e. The molecule has 0 saturated heterocycles. The molecule has 27 heavy (non-hydrogen) atoms. The molecule has 0 heterocycles. The van der Waals surface area contributed by atoms with Gasteiger partial charge in [-0.3, -0.25) is 19.2 Å². The summed E-state index contributed by atoms with van der Waals surface area (Å²) < 4.78 is 15.4. The Morgan fingerprint density at radius 1 is 0.815 bits per heavy atom. The second kappa shape index (κ2) is 14.0. The summed E-state index contributed by atoms with van der Waals surface area (Å²) in [4.78, 5) is 45.8. The van der Waals surface area contributed by atoms with E-state index in [9.17, 15) is 19.2 Å². The maximum absolute atomic E-state index is 12.5. The van der Waals surface area contributed by atoms with Crippen LogP contribution >= 0.6 is 0 Å². The molecule has 0 radical (unpaired) electrons. The van der Waals surface area contributed by atoms with Crippen molar-refractivity contribution in [3.8, 4) is 0 Å². The molecule has 0 aliphatic rings. The largest absolute Gasteiger partial charge is 0.481 e. The van der Waals surface area contributed by atoms with Gasteiger partial charge >= 0.3 is 23.9 Å². The quantitative estimate of drug-likeness (QED) is 0.274. The number of unbranched alkanes of at least 4 members (excludes halogenated alkanes) is 3. The van der Waals surface area contributed by atoms with E-state index in [1.54, 1.807) is 20.8 Å². The van der Waals surface area contributed by atoms with E-state index >= 15 is 0 Å². The summed E-state index contributed by atoms with van der Waals surface area (Å²) >= 11 is 0. The Kier molecular flexibility index (Phi) is 12.9. The number of carbonyl (C=O) groups is 4. The van der Waals surface area contributed by atoms with Crippen LogP contribution in [0, 0.1) is 5.92 Å². The zero-order chi connectivity index (χ0) is 20.8. The highest BCUT2D eigenvalue weighted by Gasteiger charge is 2.30. The molecule has 8 heteroatoms. The van der Waals surface area contributed by atoms with Crippen molar-refractivity contribution >= 4 is 23.9 Å². The molecule has 0 saturated carbocycles. The van der Waals surface area contributed by atoms with Crippen LogP contribution in [0.5, 0.6) is 0 Å². The third-order valence-corrected chi connectivity index (χ3v) is 4.00. The molecule has 3 unspecified atom stereocenters. The van der Waals surface area contributed by atoms with Crippen LogP contribution in [0.2, 0.25) is 0 Å². The first-order chi connectivity index (χ1) is 12.7. The third-order valence-electron chi connectivity index (χ3n) is 4.00. The average molecular weight is 388 g/mol. The van der Waals surface area contributed by atoms with E-state index in [2.05, 4.69) is 0 Å². The van der Waals surface area contributed by atoms with E-state index in [0.717, 1.165) is 12.8 Å². The minimum atomic E-state index is -1.02. The van der Waals surface area contributed by atoms with Crippen LogP contribution < -0.4 is 0 Å². The van der Waals surface area contributed by atoms with Gasteiger partial charge in [0.25, 0.3) is 0 Å². The Bertz CT molecular complexity index is 488. The van der Waals surface area contributed by atoms with Gasteiger partial charge in [0, 0.05) is 26.2 Å². The highest BCUT2D eigenvalue weighted by Crippen LogP contribution is 2.20. The molecule has 8 nitrogen and oxygen atoms in total. The van der Waals surface area contributed by atoms with Crippen molar-refractivity contribution in [2.45, 2.75) is 91.5 Å². The number of esters is 3. The fourth-order valence-corrected chi connectivity index (χ4v) is 2.45. The number of aliphatic carboxylic acids is 1. The Morgan fingerprint density at radius 2 is 1.37 bits per heavy atom. The van der Waals surface area contributed by atoms with E-state index in [-0.39, 0.29) is 19.3 Å². The summed E-state index contributed by atoms with van der Waals surface area (Å²) in [5.41, 5.74) is 0. The van der Waals surface area contributed by atoms with Crippen molar-refractivity contribution in [1.29, 1.82) is 0 Å². The fraction of sp³-hybridized carbons (Fsp3) is 0.789. The van der Waals surface area contributed by atoms with Crippen molar-refractivity contribution in [3.05, 3.63) is 0 Å². The Labute approximate surface area is 160 Å². The van der Waals surface area contributed by atoms with E-state index in [1.807, 2.05) is 0 Å². The summed E-state index contributed by atoms with van der Waals surface area (Å²) in [6.07, 6.45) is 1.97. The minimum absolute atomic E-state index is 0.121. The van der Waals surface area contributed by atoms with Crippen molar-refractivity contribution in [2.24, 2.45) is 5.92 Å². The molecule has 3 atom stereocenters. The van der Waals surface area contributed by atoms with E-state index in [0.29, 0.717) is 19.3 Å². The standard InChI is InChI=1S/C19H32O8/c1-5-17(22)25-13(3)15(11-9-7-8-10-12-16(20)21)19(24)27-14(4)26-18(23)6-2/h13-15H,5-12H2,1-4H3,(H,20,21). The van der Waals surface area contributed by atoms with E-state index in [1.165, 1.54) is 6.92 Å². The first-order valence-corrected chi connectivity index (χ1v) is 9.52. The first-order valence-electron chi connectivity index (χ1n) is 9.52. The molecule has 156 valence electrons. The number of carboxylic acids is 1. The summed E-state index contributed by atoms with van der Waals surface area (Å²) in [6, 6.07) is 0. The molecule has 0 rings (SSSR count). The smallest absolute Gasteiger partial charge is 0.315 e. The van der Waals surface area contributed by atoms with Gasteiger partial charge in [0.05, 0.1) is 5.92 Å². The van der Waals surface area contributed by atoms with Crippen molar-refractivity contribution in [2.75, 3.05) is 0 Å². The zero-order valence-corrected chi connectivity index (χ0v) is 16.7. The molecule has 0 aromatic carbocycles. The summed E-state index contributed by atoms with van der Waals surface area (Å²) in [7, 11) is 0. The van der Waals surface area contributed by atoms with Gasteiger partial charge in [-0.25, -0.2) is 0 Å². The zero-order valence-electron chi connectivity index (χ0n) is 16.7. The first kappa shape index (κ1) is 24.9. The lowest BCUT2D eigenvalue weighted by atomic mass is 9.95. The molecule has 0 aromatic rings. The monoisotopic (exact) mass is 388 g/mol. The topological polar surface area (TPSA) is 116 Å². The second-order valence-electron chi connectivity index (χ2n) is 6.35. The normalized spacial score (nSPS) is 13.9. The lowest BCUT2D eigenvalue weighted by Crippen LogP contribution is -2.34. The Balaban J connectivity index is 4.66. The summed E-state index contributed by atoms with van der Waals surface area (Å²) in [5, 5.41) is 8.63. The summed E-state index contributed by atoms with van der Waals surface area (Å²) in [5.74, 6) is -2.98.